The van der Waals surface area contributed by atoms with Gasteiger partial charge in [-0.3, -0.25) is 19.7 Å². The number of para-hydroxylation sites is 1. The van der Waals surface area contributed by atoms with Crippen LogP contribution in [-0.2, 0) is 9.59 Å². The number of hydrazone groups is 1. The first-order valence-corrected chi connectivity index (χ1v) is 7.26. The van der Waals surface area contributed by atoms with Gasteiger partial charge >= 0.3 is 11.8 Å². The van der Waals surface area contributed by atoms with E-state index in [0.717, 1.165) is 25.5 Å². The molecule has 0 fully saturated rings. The third-order valence-corrected chi connectivity index (χ3v) is 3.18. The van der Waals surface area contributed by atoms with Crippen LogP contribution in [-0.4, -0.2) is 30.1 Å². The van der Waals surface area contributed by atoms with Crippen LogP contribution in [0.1, 0.15) is 5.56 Å². The summed E-state index contributed by atoms with van der Waals surface area (Å²) in [5.41, 5.74) is 1.03. The van der Waals surface area contributed by atoms with Crippen molar-refractivity contribution in [1.29, 1.82) is 0 Å². The highest BCUT2D eigenvalue weighted by molar-refractivity contribution is 6.39. The van der Waals surface area contributed by atoms with Crippen LogP contribution in [0, 0.1) is 15.9 Å². The van der Waals surface area contributed by atoms with Gasteiger partial charge in [0.25, 0.3) is 5.69 Å². The molecule has 2 aromatic carbocycles. The van der Waals surface area contributed by atoms with Crippen molar-refractivity contribution in [1.82, 2.24) is 5.43 Å². The molecule has 2 aromatic rings. The lowest BCUT2D eigenvalue weighted by Crippen LogP contribution is -2.32. The maximum atomic E-state index is 13.4. The molecule has 27 heavy (non-hydrogen) atoms. The average molecular weight is 375 g/mol. The topological polar surface area (TPSA) is 146 Å². The summed E-state index contributed by atoms with van der Waals surface area (Å²) in [4.78, 5) is 33.3. The number of amides is 2. The van der Waals surface area contributed by atoms with E-state index < -0.39 is 34.0 Å². The number of hydrogen-bond acceptors (Lipinski definition) is 7. The molecule has 0 unspecified atom stereocenters. The lowest BCUT2D eigenvalue weighted by atomic mass is 10.2. The first-order chi connectivity index (χ1) is 12.8. The number of nitro groups is 1. The van der Waals surface area contributed by atoms with E-state index in [1.165, 1.54) is 24.3 Å². The number of ether oxygens (including phenoxy) is 1. The Hall–Kier alpha value is -4.02. The molecule has 2 rings (SSSR count). The molecule has 0 bridgehead atoms. The molecule has 11 heteroatoms. The van der Waals surface area contributed by atoms with Crippen molar-refractivity contribution < 1.29 is 28.7 Å². The van der Waals surface area contributed by atoms with Gasteiger partial charge in [-0.15, -0.1) is 0 Å². The van der Waals surface area contributed by atoms with Crippen molar-refractivity contribution >= 4 is 29.4 Å². The van der Waals surface area contributed by atoms with Crippen molar-refractivity contribution in [2.75, 3.05) is 12.4 Å². The first-order valence-electron chi connectivity index (χ1n) is 7.26. The quantitative estimate of drug-likeness (QED) is 0.344. The van der Waals surface area contributed by atoms with Crippen LogP contribution in [0.5, 0.6) is 11.5 Å². The number of nitro benzene ring substituents is 1. The highest BCUT2D eigenvalue weighted by Gasteiger charge is 2.15. The summed E-state index contributed by atoms with van der Waals surface area (Å²) in [7, 11) is 1.16. The maximum Gasteiger partial charge on any atom is 0.329 e. The lowest BCUT2D eigenvalue weighted by Gasteiger charge is -2.12. The molecule has 0 aromatic heterocycles. The van der Waals surface area contributed by atoms with E-state index in [9.17, 15) is 29.2 Å². The number of carbonyl (C=O) groups is 2. The molecule has 0 radical (unpaired) electrons. The minimum atomic E-state index is -1.20. The van der Waals surface area contributed by atoms with Gasteiger partial charge in [-0.25, -0.2) is 9.82 Å². The molecule has 2 amide bonds. The summed E-state index contributed by atoms with van der Waals surface area (Å²) in [5, 5.41) is 28.1. The fraction of sp³-hybridized carbons (Fsp3) is 0.0625. The normalized spacial score (nSPS) is 10.4. The summed E-state index contributed by atoms with van der Waals surface area (Å²) in [6, 6.07) is 7.35. The molecule has 10 nitrogen and oxygen atoms in total. The summed E-state index contributed by atoms with van der Waals surface area (Å²) in [6.07, 6.45) is 0.975. The van der Waals surface area contributed by atoms with Gasteiger partial charge in [0, 0.05) is 17.4 Å². The predicted octanol–water partition coefficient (Wildman–Crippen LogP) is 0.905. The van der Waals surface area contributed by atoms with E-state index >= 15 is 0 Å². The average Bonchev–Trinajstić information content (AvgIpc) is 2.64. The highest BCUT2D eigenvalue weighted by Crippen LogP contribution is 2.33. The van der Waals surface area contributed by atoms with E-state index in [-0.39, 0.29) is 17.0 Å². The fourth-order valence-corrected chi connectivity index (χ4v) is 1.93. The van der Waals surface area contributed by atoms with E-state index in [2.05, 4.69) is 10.4 Å². The van der Waals surface area contributed by atoms with Gasteiger partial charge in [0.15, 0.2) is 0 Å². The molecule has 0 spiro atoms. The minimum absolute atomic E-state index is 0.0768. The molecule has 0 heterocycles. The van der Waals surface area contributed by atoms with Gasteiger partial charge < -0.3 is 15.2 Å². The fourth-order valence-electron chi connectivity index (χ4n) is 1.93. The van der Waals surface area contributed by atoms with Crippen LogP contribution in [0.25, 0.3) is 0 Å². The summed E-state index contributed by atoms with van der Waals surface area (Å²) >= 11 is 0. The zero-order chi connectivity index (χ0) is 20.0. The SMILES string of the molecule is COc1cc(/C=N\NC(=O)C(=O)Nc2ccccc2F)cc([N+](=O)[O-])c1[O-]. The second-order valence-corrected chi connectivity index (χ2v) is 4.96. The van der Waals surface area contributed by atoms with Crippen molar-refractivity contribution in [2.45, 2.75) is 0 Å². The Morgan fingerprint density at radius 3 is 2.59 bits per heavy atom. The van der Waals surface area contributed by atoms with Crippen LogP contribution in [0.4, 0.5) is 15.8 Å². The summed E-state index contributed by atoms with van der Waals surface area (Å²) in [5.74, 6) is -4.28. The first kappa shape index (κ1) is 19.3. The third-order valence-electron chi connectivity index (χ3n) is 3.18. The third kappa shape index (κ3) is 4.75. The van der Waals surface area contributed by atoms with Gasteiger partial charge in [-0.05, 0) is 18.2 Å². The summed E-state index contributed by atoms with van der Waals surface area (Å²) in [6.45, 7) is 0. The second-order valence-electron chi connectivity index (χ2n) is 4.96. The van der Waals surface area contributed by atoms with Crippen LogP contribution >= 0.6 is 0 Å². The Kier molecular flexibility index (Phi) is 5.99. The number of carbonyl (C=O) groups excluding carboxylic acids is 2. The summed E-state index contributed by atoms with van der Waals surface area (Å²) < 4.78 is 18.2. The van der Waals surface area contributed by atoms with Crippen molar-refractivity contribution in [3.8, 4) is 11.5 Å². The Labute approximate surface area is 151 Å². The molecule has 140 valence electrons. The van der Waals surface area contributed by atoms with Crippen molar-refractivity contribution in [3.63, 3.8) is 0 Å². The number of rotatable bonds is 5. The molecule has 0 aliphatic rings. The monoisotopic (exact) mass is 375 g/mol. The number of methoxy groups -OCH3 is 1. The lowest BCUT2D eigenvalue weighted by molar-refractivity contribution is -0.398. The Morgan fingerprint density at radius 2 is 1.96 bits per heavy atom. The number of hydrogen-bond donors (Lipinski definition) is 2. The zero-order valence-corrected chi connectivity index (χ0v) is 13.8. The van der Waals surface area contributed by atoms with E-state index in [1.54, 1.807) is 0 Å². The van der Waals surface area contributed by atoms with Crippen LogP contribution in [0.3, 0.4) is 0 Å². The molecule has 0 saturated heterocycles. The van der Waals surface area contributed by atoms with Gasteiger partial charge in [0.05, 0.1) is 23.9 Å². The molecule has 0 aliphatic carbocycles. The number of anilines is 1. The number of nitrogens with zero attached hydrogens (tertiary/aromatic N) is 2. The zero-order valence-electron chi connectivity index (χ0n) is 13.8. The van der Waals surface area contributed by atoms with Crippen molar-refractivity contribution in [2.24, 2.45) is 5.10 Å². The number of halogens is 1. The highest BCUT2D eigenvalue weighted by atomic mass is 19.1. The molecule has 0 aliphatic heterocycles. The maximum absolute atomic E-state index is 13.4. The largest absolute Gasteiger partial charge is 0.865 e. The van der Waals surface area contributed by atoms with Gasteiger partial charge in [-0.1, -0.05) is 12.1 Å². The van der Waals surface area contributed by atoms with Gasteiger partial charge in [-0.2, -0.15) is 5.10 Å². The second kappa shape index (κ2) is 8.38. The molecule has 0 saturated carbocycles. The molecular weight excluding hydrogens is 363 g/mol. The van der Waals surface area contributed by atoms with Gasteiger partial charge in [0.1, 0.15) is 11.6 Å². The Morgan fingerprint density at radius 1 is 1.26 bits per heavy atom. The smallest absolute Gasteiger partial charge is 0.329 e. The molecule has 2 N–H and O–H groups in total. The van der Waals surface area contributed by atoms with E-state index in [1.807, 2.05) is 5.43 Å². The number of nitrogens with one attached hydrogen (secondary N) is 2. The van der Waals surface area contributed by atoms with Crippen molar-refractivity contribution in [3.05, 3.63) is 57.9 Å². The molecular formula is C16H12FN4O6-. The van der Waals surface area contributed by atoms with E-state index in [4.69, 9.17) is 4.74 Å². The molecule has 0 atom stereocenters. The Bertz CT molecular complexity index is 931. The minimum Gasteiger partial charge on any atom is -0.865 e. The number of benzene rings is 2. The Balaban J connectivity index is 2.07. The predicted molar refractivity (Wildman–Crippen MR) is 89.9 cm³/mol. The van der Waals surface area contributed by atoms with Crippen LogP contribution < -0.4 is 20.6 Å². The standard InChI is InChI=1S/C16H13FN4O6/c1-27-13-7-9(6-12(14(13)22)21(25)26)8-18-20-16(24)15(23)19-11-5-3-2-4-10(11)17/h2-8,22H,1H3,(H,19,23)(H,20,24)/p-1/b18-8-. The van der Waals surface area contributed by atoms with E-state index in [0.29, 0.717) is 0 Å². The van der Waals surface area contributed by atoms with Gasteiger partial charge in [0.2, 0.25) is 0 Å². The van der Waals surface area contributed by atoms with Crippen LogP contribution in [0.2, 0.25) is 0 Å². The van der Waals surface area contributed by atoms with Crippen LogP contribution in [0.15, 0.2) is 41.5 Å².